The average molecular weight is 253 g/mol. The Hall–Kier alpha value is -1.10. The number of likely N-dealkylation sites (tertiary alicyclic amines) is 1. The maximum Gasteiger partial charge on any atom is 0.237 e. The molecule has 2 N–H and O–H groups in total. The Labute approximate surface area is 108 Å². The number of amides is 2. The van der Waals surface area contributed by atoms with Crippen molar-refractivity contribution in [2.75, 3.05) is 20.1 Å². The zero-order valence-corrected chi connectivity index (χ0v) is 11.2. The number of hydrogen-bond acceptors (Lipinski definition) is 3. The number of rotatable bonds is 2. The Morgan fingerprint density at radius 2 is 2.22 bits per heavy atom. The smallest absolute Gasteiger partial charge is 0.237 e. The van der Waals surface area contributed by atoms with Crippen molar-refractivity contribution in [3.63, 3.8) is 0 Å². The van der Waals surface area contributed by atoms with Crippen LogP contribution in [0.4, 0.5) is 0 Å². The Morgan fingerprint density at radius 1 is 1.44 bits per heavy atom. The molecule has 0 radical (unpaired) electrons. The molecule has 0 aliphatic carbocycles. The minimum atomic E-state index is -0.0586. The highest BCUT2D eigenvalue weighted by atomic mass is 16.2. The Balaban J connectivity index is 1.82. The zero-order valence-electron chi connectivity index (χ0n) is 11.2. The van der Waals surface area contributed by atoms with Crippen LogP contribution in [-0.4, -0.2) is 48.9 Å². The highest BCUT2D eigenvalue weighted by Crippen LogP contribution is 2.16. The summed E-state index contributed by atoms with van der Waals surface area (Å²) in [4.78, 5) is 25.2. The van der Waals surface area contributed by atoms with Crippen LogP contribution < -0.4 is 10.6 Å². The van der Waals surface area contributed by atoms with Gasteiger partial charge in [0.1, 0.15) is 0 Å². The number of nitrogens with one attached hydrogen (secondary N) is 2. The van der Waals surface area contributed by atoms with E-state index in [0.717, 1.165) is 25.8 Å². The molecule has 18 heavy (non-hydrogen) atoms. The molecule has 5 heteroatoms. The summed E-state index contributed by atoms with van der Waals surface area (Å²) in [5.74, 6) is 0.872. The van der Waals surface area contributed by atoms with Crippen molar-refractivity contribution in [1.82, 2.24) is 15.5 Å². The van der Waals surface area contributed by atoms with Crippen LogP contribution in [0.25, 0.3) is 0 Å². The van der Waals surface area contributed by atoms with Gasteiger partial charge in [-0.05, 0) is 31.7 Å². The minimum Gasteiger partial charge on any atom is -0.350 e. The van der Waals surface area contributed by atoms with E-state index in [4.69, 9.17) is 0 Å². The first-order valence-corrected chi connectivity index (χ1v) is 6.84. The predicted octanol–water partition coefficient (Wildman–Crippen LogP) is 0.112. The van der Waals surface area contributed by atoms with Crippen LogP contribution in [0.2, 0.25) is 0 Å². The number of piperidine rings is 2. The molecule has 102 valence electrons. The maximum absolute atomic E-state index is 12.1. The van der Waals surface area contributed by atoms with Gasteiger partial charge in [0.05, 0.1) is 6.04 Å². The SMILES string of the molecule is CC1CCNC(C(=O)NC2CCC(=O)N(C)C2)C1. The number of hydrogen-bond donors (Lipinski definition) is 2. The lowest BCUT2D eigenvalue weighted by Crippen LogP contribution is -2.54. The van der Waals surface area contributed by atoms with Crippen LogP contribution in [0.3, 0.4) is 0 Å². The molecule has 0 aromatic carbocycles. The van der Waals surface area contributed by atoms with Gasteiger partial charge in [-0.2, -0.15) is 0 Å². The summed E-state index contributed by atoms with van der Waals surface area (Å²) in [5.41, 5.74) is 0. The molecule has 0 aromatic heterocycles. The molecular formula is C13H23N3O2. The number of likely N-dealkylation sites (N-methyl/N-ethyl adjacent to an activating group) is 1. The molecule has 0 bridgehead atoms. The van der Waals surface area contributed by atoms with Gasteiger partial charge < -0.3 is 15.5 Å². The number of carbonyl (C=O) groups excluding carboxylic acids is 2. The maximum atomic E-state index is 12.1. The predicted molar refractivity (Wildman–Crippen MR) is 69.0 cm³/mol. The van der Waals surface area contributed by atoms with Gasteiger partial charge in [0, 0.05) is 26.1 Å². The standard InChI is InChI=1S/C13H23N3O2/c1-9-5-6-14-11(7-9)13(18)15-10-3-4-12(17)16(2)8-10/h9-11,14H,3-8H2,1-2H3,(H,15,18). The molecule has 5 nitrogen and oxygen atoms in total. The lowest BCUT2D eigenvalue weighted by atomic mass is 9.93. The summed E-state index contributed by atoms with van der Waals surface area (Å²) in [6, 6.07) is 0.0518. The third-order valence-corrected chi connectivity index (χ3v) is 3.96. The second kappa shape index (κ2) is 5.69. The Bertz CT molecular complexity index is 332. The van der Waals surface area contributed by atoms with Gasteiger partial charge in [0.2, 0.25) is 11.8 Å². The number of carbonyl (C=O) groups is 2. The lowest BCUT2D eigenvalue weighted by molar-refractivity contribution is -0.134. The van der Waals surface area contributed by atoms with Crippen molar-refractivity contribution in [3.8, 4) is 0 Å². The van der Waals surface area contributed by atoms with Gasteiger partial charge >= 0.3 is 0 Å². The van der Waals surface area contributed by atoms with Gasteiger partial charge in [-0.3, -0.25) is 9.59 Å². The topological polar surface area (TPSA) is 61.4 Å². The van der Waals surface area contributed by atoms with Crippen LogP contribution in [0.1, 0.15) is 32.6 Å². The van der Waals surface area contributed by atoms with E-state index in [2.05, 4.69) is 17.6 Å². The normalized spacial score (nSPS) is 33.3. The largest absolute Gasteiger partial charge is 0.350 e. The Kier molecular flexibility index (Phi) is 4.22. The fourth-order valence-corrected chi connectivity index (χ4v) is 2.74. The molecular weight excluding hydrogens is 230 g/mol. The summed E-state index contributed by atoms with van der Waals surface area (Å²) in [6.45, 7) is 3.74. The molecule has 2 rings (SSSR count). The molecule has 3 unspecified atom stereocenters. The average Bonchev–Trinajstić information content (AvgIpc) is 2.34. The van der Waals surface area contributed by atoms with Crippen molar-refractivity contribution in [1.29, 1.82) is 0 Å². The van der Waals surface area contributed by atoms with Crippen LogP contribution >= 0.6 is 0 Å². The fourth-order valence-electron chi connectivity index (χ4n) is 2.74. The highest BCUT2D eigenvalue weighted by molar-refractivity contribution is 5.83. The summed E-state index contributed by atoms with van der Waals surface area (Å²) in [7, 11) is 1.79. The molecule has 2 fully saturated rings. The van der Waals surface area contributed by atoms with E-state index in [9.17, 15) is 9.59 Å². The molecule has 3 atom stereocenters. The van der Waals surface area contributed by atoms with Crippen LogP contribution in [0.15, 0.2) is 0 Å². The molecule has 0 saturated carbocycles. The summed E-state index contributed by atoms with van der Waals surface area (Å²) < 4.78 is 0. The monoisotopic (exact) mass is 253 g/mol. The van der Waals surface area contributed by atoms with Gasteiger partial charge in [-0.25, -0.2) is 0 Å². The van der Waals surface area contributed by atoms with E-state index in [1.165, 1.54) is 0 Å². The van der Waals surface area contributed by atoms with E-state index >= 15 is 0 Å². The Morgan fingerprint density at radius 3 is 2.89 bits per heavy atom. The van der Waals surface area contributed by atoms with Crippen molar-refractivity contribution < 1.29 is 9.59 Å². The van der Waals surface area contributed by atoms with Crippen molar-refractivity contribution >= 4 is 11.8 Å². The van der Waals surface area contributed by atoms with E-state index in [1.807, 2.05) is 0 Å². The second-order valence-electron chi connectivity index (χ2n) is 5.65. The summed E-state index contributed by atoms with van der Waals surface area (Å²) in [6.07, 6.45) is 3.35. The number of nitrogens with zero attached hydrogens (tertiary/aromatic N) is 1. The van der Waals surface area contributed by atoms with Crippen molar-refractivity contribution in [2.45, 2.75) is 44.7 Å². The quantitative estimate of drug-likeness (QED) is 0.734. The first kappa shape index (κ1) is 13.3. The molecule has 2 aliphatic heterocycles. The van der Waals surface area contributed by atoms with E-state index in [1.54, 1.807) is 11.9 Å². The zero-order chi connectivity index (χ0) is 13.1. The molecule has 2 aliphatic rings. The van der Waals surface area contributed by atoms with Gasteiger partial charge in [-0.15, -0.1) is 0 Å². The van der Waals surface area contributed by atoms with E-state index in [-0.39, 0.29) is 23.9 Å². The molecule has 0 spiro atoms. The van der Waals surface area contributed by atoms with Crippen LogP contribution in [0.5, 0.6) is 0 Å². The molecule has 2 heterocycles. The summed E-state index contributed by atoms with van der Waals surface area (Å²) in [5, 5.41) is 6.33. The van der Waals surface area contributed by atoms with Gasteiger partial charge in [0.15, 0.2) is 0 Å². The van der Waals surface area contributed by atoms with E-state index < -0.39 is 0 Å². The lowest BCUT2D eigenvalue weighted by Gasteiger charge is -2.33. The van der Waals surface area contributed by atoms with E-state index in [0.29, 0.717) is 18.9 Å². The van der Waals surface area contributed by atoms with Crippen LogP contribution in [0, 0.1) is 5.92 Å². The first-order chi connectivity index (χ1) is 8.56. The summed E-state index contributed by atoms with van der Waals surface area (Å²) >= 11 is 0. The highest BCUT2D eigenvalue weighted by Gasteiger charge is 2.28. The first-order valence-electron chi connectivity index (χ1n) is 6.84. The minimum absolute atomic E-state index is 0.0586. The third-order valence-electron chi connectivity index (χ3n) is 3.96. The van der Waals surface area contributed by atoms with Crippen LogP contribution in [-0.2, 0) is 9.59 Å². The van der Waals surface area contributed by atoms with Crippen molar-refractivity contribution in [2.24, 2.45) is 5.92 Å². The molecule has 2 saturated heterocycles. The molecule has 2 amide bonds. The molecule has 0 aromatic rings. The van der Waals surface area contributed by atoms with Gasteiger partial charge in [-0.1, -0.05) is 6.92 Å². The fraction of sp³-hybridized carbons (Fsp3) is 0.846. The van der Waals surface area contributed by atoms with Crippen molar-refractivity contribution in [3.05, 3.63) is 0 Å². The van der Waals surface area contributed by atoms with Gasteiger partial charge in [0.25, 0.3) is 0 Å². The second-order valence-corrected chi connectivity index (χ2v) is 5.65. The third kappa shape index (κ3) is 3.22.